The number of anilines is 2. The third kappa shape index (κ3) is 3.62. The molecule has 0 unspecified atom stereocenters. The maximum absolute atomic E-state index is 14.4. The molecule has 4 aromatic rings. The topological polar surface area (TPSA) is 101 Å². The summed E-state index contributed by atoms with van der Waals surface area (Å²) in [5, 5.41) is 11.7. The molecule has 9 nitrogen and oxygen atoms in total. The van der Waals surface area contributed by atoms with E-state index in [1.165, 1.54) is 23.3 Å². The Labute approximate surface area is 183 Å². The molecule has 32 heavy (non-hydrogen) atoms. The summed E-state index contributed by atoms with van der Waals surface area (Å²) in [4.78, 5) is 28.4. The first-order chi connectivity index (χ1) is 15.4. The highest BCUT2D eigenvalue weighted by Gasteiger charge is 2.25. The van der Waals surface area contributed by atoms with Crippen LogP contribution >= 0.6 is 0 Å². The molecule has 1 aliphatic heterocycles. The zero-order valence-corrected chi connectivity index (χ0v) is 18.0. The first-order valence-corrected chi connectivity index (χ1v) is 10.4. The van der Waals surface area contributed by atoms with Crippen molar-refractivity contribution < 1.29 is 9.18 Å². The van der Waals surface area contributed by atoms with Crippen molar-refractivity contribution in [3.05, 3.63) is 48.4 Å². The number of piperazine rings is 1. The fourth-order valence-electron chi connectivity index (χ4n) is 4.36. The van der Waals surface area contributed by atoms with Gasteiger partial charge in [-0.25, -0.2) is 19.3 Å². The molecule has 4 heterocycles. The molecule has 0 saturated carbocycles. The molecule has 2 N–H and O–H groups in total. The van der Waals surface area contributed by atoms with E-state index >= 15 is 0 Å². The van der Waals surface area contributed by atoms with Crippen molar-refractivity contribution in [3.63, 3.8) is 0 Å². The summed E-state index contributed by atoms with van der Waals surface area (Å²) in [6, 6.07) is 3.56. The number of benzene rings is 1. The summed E-state index contributed by atoms with van der Waals surface area (Å²) in [6.07, 6.45) is 6.31. The summed E-state index contributed by atoms with van der Waals surface area (Å²) in [5.41, 5.74) is 1.40. The largest absolute Gasteiger partial charge is 0.353 e. The van der Waals surface area contributed by atoms with Gasteiger partial charge in [0.25, 0.3) is 5.91 Å². The van der Waals surface area contributed by atoms with Gasteiger partial charge in [0, 0.05) is 61.9 Å². The number of aromatic nitrogens is 5. The van der Waals surface area contributed by atoms with Gasteiger partial charge in [-0.15, -0.1) is 0 Å². The second kappa shape index (κ2) is 7.79. The average Bonchev–Trinajstić information content (AvgIpc) is 3.13. The second-order valence-corrected chi connectivity index (χ2v) is 8.31. The van der Waals surface area contributed by atoms with Gasteiger partial charge in [-0.2, -0.15) is 5.10 Å². The van der Waals surface area contributed by atoms with Gasteiger partial charge in [-0.3, -0.25) is 9.48 Å². The zero-order valence-electron chi connectivity index (χ0n) is 18.0. The summed E-state index contributed by atoms with van der Waals surface area (Å²) in [5.74, 6) is -0.168. The number of nitrogens with one attached hydrogen (secondary N) is 2. The summed E-state index contributed by atoms with van der Waals surface area (Å²) in [7, 11) is 1.72. The molecule has 164 valence electrons. The fourth-order valence-corrected chi connectivity index (χ4v) is 4.36. The third-order valence-electron chi connectivity index (χ3n) is 5.56. The van der Waals surface area contributed by atoms with Crippen LogP contribution in [-0.4, -0.2) is 55.8 Å². The van der Waals surface area contributed by atoms with E-state index in [2.05, 4.69) is 49.4 Å². The minimum absolute atomic E-state index is 0.259. The van der Waals surface area contributed by atoms with Crippen LogP contribution in [0.25, 0.3) is 21.8 Å². The van der Waals surface area contributed by atoms with Gasteiger partial charge in [0.2, 0.25) is 0 Å². The van der Waals surface area contributed by atoms with Crippen LogP contribution in [0.3, 0.4) is 0 Å². The van der Waals surface area contributed by atoms with Gasteiger partial charge < -0.3 is 15.5 Å². The Morgan fingerprint density at radius 2 is 1.94 bits per heavy atom. The van der Waals surface area contributed by atoms with Gasteiger partial charge in [0.1, 0.15) is 17.7 Å². The van der Waals surface area contributed by atoms with Gasteiger partial charge in [-0.1, -0.05) is 0 Å². The lowest BCUT2D eigenvalue weighted by molar-refractivity contribution is 0.102. The lowest BCUT2D eigenvalue weighted by Gasteiger charge is -2.37. The van der Waals surface area contributed by atoms with E-state index in [1.54, 1.807) is 25.5 Å². The Morgan fingerprint density at radius 3 is 2.72 bits per heavy atom. The SMILES string of the molecule is C[C@@H]1CN(c2ncc(C(=O)Nc3cc(F)c4nn(C)cc4c3)c3ncncc23)C[C@@H](C)N1. The van der Waals surface area contributed by atoms with Crippen molar-refractivity contribution in [2.24, 2.45) is 7.05 Å². The number of hydrogen-bond donors (Lipinski definition) is 2. The predicted molar refractivity (Wildman–Crippen MR) is 120 cm³/mol. The van der Waals surface area contributed by atoms with E-state index in [1.807, 2.05) is 0 Å². The lowest BCUT2D eigenvalue weighted by Crippen LogP contribution is -2.54. The maximum Gasteiger partial charge on any atom is 0.259 e. The normalized spacial score (nSPS) is 18.9. The summed E-state index contributed by atoms with van der Waals surface area (Å²) in [6.45, 7) is 5.83. The fraction of sp³-hybridized carbons (Fsp3) is 0.318. The molecule has 1 saturated heterocycles. The lowest BCUT2D eigenvalue weighted by atomic mass is 10.1. The third-order valence-corrected chi connectivity index (χ3v) is 5.56. The summed E-state index contributed by atoms with van der Waals surface area (Å²) < 4.78 is 15.9. The van der Waals surface area contributed by atoms with Gasteiger partial charge in [-0.05, 0) is 26.0 Å². The molecule has 1 aliphatic rings. The van der Waals surface area contributed by atoms with Crippen LogP contribution in [0, 0.1) is 5.82 Å². The smallest absolute Gasteiger partial charge is 0.259 e. The Kier molecular flexibility index (Phi) is 4.93. The van der Waals surface area contributed by atoms with Crippen molar-refractivity contribution in [1.29, 1.82) is 0 Å². The Morgan fingerprint density at radius 1 is 1.16 bits per heavy atom. The molecule has 2 atom stereocenters. The predicted octanol–water partition coefficient (Wildman–Crippen LogP) is 2.49. The van der Waals surface area contributed by atoms with Crippen molar-refractivity contribution >= 4 is 39.2 Å². The Bertz CT molecular complexity index is 1330. The number of amides is 1. The van der Waals surface area contributed by atoms with Crippen molar-refractivity contribution in [2.45, 2.75) is 25.9 Å². The standard InChI is InChI=1S/C22H23FN8O/c1-12-8-31(9-13(2)27-12)21-16-6-24-11-26-20(16)17(7-25-21)22(32)28-15-4-14-10-30(3)29-19(14)18(23)5-15/h4-7,10-13,27H,8-9H2,1-3H3,(H,28,32)/t12-,13-/m1/s1. The minimum Gasteiger partial charge on any atom is -0.353 e. The Hall–Kier alpha value is -3.66. The van der Waals surface area contributed by atoms with E-state index in [0.29, 0.717) is 39.6 Å². The number of halogens is 1. The van der Waals surface area contributed by atoms with Crippen LogP contribution in [0.15, 0.2) is 37.1 Å². The molecule has 0 radical (unpaired) electrons. The average molecular weight is 434 g/mol. The molecule has 0 bridgehead atoms. The number of carbonyl (C=O) groups is 1. The number of hydrogen-bond acceptors (Lipinski definition) is 7. The molecule has 1 aromatic carbocycles. The highest BCUT2D eigenvalue weighted by molar-refractivity contribution is 6.13. The molecule has 0 spiro atoms. The molecule has 5 rings (SSSR count). The monoisotopic (exact) mass is 434 g/mol. The van der Waals surface area contributed by atoms with E-state index < -0.39 is 11.7 Å². The number of nitrogens with zero attached hydrogens (tertiary/aromatic N) is 6. The molecule has 3 aromatic heterocycles. The van der Waals surface area contributed by atoms with Crippen LogP contribution in [0.5, 0.6) is 0 Å². The van der Waals surface area contributed by atoms with E-state index in [4.69, 9.17) is 0 Å². The van der Waals surface area contributed by atoms with Crippen molar-refractivity contribution in [2.75, 3.05) is 23.3 Å². The van der Waals surface area contributed by atoms with Crippen LogP contribution in [-0.2, 0) is 7.05 Å². The number of fused-ring (bicyclic) bond motifs is 2. The van der Waals surface area contributed by atoms with Crippen molar-refractivity contribution in [3.8, 4) is 0 Å². The highest BCUT2D eigenvalue weighted by Crippen LogP contribution is 2.28. The van der Waals surface area contributed by atoms with Crippen LogP contribution in [0.2, 0.25) is 0 Å². The van der Waals surface area contributed by atoms with Gasteiger partial charge >= 0.3 is 0 Å². The van der Waals surface area contributed by atoms with E-state index in [0.717, 1.165) is 18.9 Å². The first kappa shape index (κ1) is 20.3. The van der Waals surface area contributed by atoms with Gasteiger partial charge in [0.05, 0.1) is 16.5 Å². The van der Waals surface area contributed by atoms with Crippen LogP contribution < -0.4 is 15.5 Å². The second-order valence-electron chi connectivity index (χ2n) is 8.31. The van der Waals surface area contributed by atoms with E-state index in [-0.39, 0.29) is 5.52 Å². The molecular formula is C22H23FN8O. The van der Waals surface area contributed by atoms with E-state index in [9.17, 15) is 9.18 Å². The Balaban J connectivity index is 1.50. The number of pyridine rings is 1. The molecular weight excluding hydrogens is 411 g/mol. The first-order valence-electron chi connectivity index (χ1n) is 10.4. The zero-order chi connectivity index (χ0) is 22.4. The minimum atomic E-state index is -0.499. The molecule has 0 aliphatic carbocycles. The number of carbonyl (C=O) groups excluding carboxylic acids is 1. The molecule has 1 fully saturated rings. The van der Waals surface area contributed by atoms with Crippen molar-refractivity contribution in [1.82, 2.24) is 30.0 Å². The van der Waals surface area contributed by atoms with Gasteiger partial charge in [0.15, 0.2) is 5.82 Å². The van der Waals surface area contributed by atoms with Crippen LogP contribution in [0.4, 0.5) is 15.9 Å². The highest BCUT2D eigenvalue weighted by atomic mass is 19.1. The molecule has 10 heteroatoms. The summed E-state index contributed by atoms with van der Waals surface area (Å²) >= 11 is 0. The molecule has 1 amide bonds. The number of rotatable bonds is 3. The number of aryl methyl sites for hydroxylation is 1. The quantitative estimate of drug-likeness (QED) is 0.511. The van der Waals surface area contributed by atoms with Crippen LogP contribution in [0.1, 0.15) is 24.2 Å². The maximum atomic E-state index is 14.4.